The summed E-state index contributed by atoms with van der Waals surface area (Å²) in [5.41, 5.74) is 8.30. The second-order valence-electron chi connectivity index (χ2n) is 9.72. The van der Waals surface area contributed by atoms with E-state index in [2.05, 4.69) is 14.7 Å². The average molecular weight is 578 g/mol. The van der Waals surface area contributed by atoms with E-state index in [0.29, 0.717) is 18.2 Å². The molecule has 2 aromatic rings. The molecule has 2 heterocycles. The van der Waals surface area contributed by atoms with E-state index in [-0.39, 0.29) is 48.9 Å². The van der Waals surface area contributed by atoms with E-state index in [0.717, 1.165) is 5.56 Å². The minimum Gasteiger partial charge on any atom is -0.464 e. The Morgan fingerprint density at radius 2 is 2.12 bits per heavy atom. The second-order valence-corrected chi connectivity index (χ2v) is 11.4. The quantitative estimate of drug-likeness (QED) is 0.0872. The summed E-state index contributed by atoms with van der Waals surface area (Å²) in [5.74, 6) is -1.36. The molecule has 3 atom stereocenters. The van der Waals surface area contributed by atoms with Gasteiger partial charge >= 0.3 is 5.97 Å². The highest BCUT2D eigenvalue weighted by molar-refractivity contribution is 7.89. The Kier molecular flexibility index (Phi) is 10.3. The van der Waals surface area contributed by atoms with E-state index < -0.39 is 45.0 Å². The lowest BCUT2D eigenvalue weighted by atomic mass is 9.91. The smallest absolute Gasteiger partial charge is 0.328 e. The number of sulfonamides is 1. The van der Waals surface area contributed by atoms with Crippen molar-refractivity contribution in [1.29, 1.82) is 0 Å². The highest BCUT2D eigenvalue weighted by Gasteiger charge is 2.39. The van der Waals surface area contributed by atoms with Crippen molar-refractivity contribution in [3.05, 3.63) is 46.1 Å². The van der Waals surface area contributed by atoms with E-state index in [1.807, 2.05) is 19.9 Å². The molecule has 0 aliphatic carbocycles. The largest absolute Gasteiger partial charge is 0.464 e. The van der Waals surface area contributed by atoms with Crippen molar-refractivity contribution in [2.24, 2.45) is 16.6 Å². The van der Waals surface area contributed by atoms with Gasteiger partial charge in [0.1, 0.15) is 17.0 Å². The molecule has 0 spiro atoms. The van der Waals surface area contributed by atoms with Crippen molar-refractivity contribution in [2.75, 3.05) is 19.7 Å². The number of aliphatic imine (C=N–C) groups is 1. The molecule has 1 fully saturated rings. The van der Waals surface area contributed by atoms with Crippen LogP contribution in [0.15, 0.2) is 40.4 Å². The van der Waals surface area contributed by atoms with Gasteiger partial charge in [0.25, 0.3) is 5.96 Å². The summed E-state index contributed by atoms with van der Waals surface area (Å²) in [6.45, 7) is 5.89. The minimum absolute atomic E-state index is 0.00773. The summed E-state index contributed by atoms with van der Waals surface area (Å²) in [6, 6.07) is 4.46. The van der Waals surface area contributed by atoms with Gasteiger partial charge in [0.15, 0.2) is 5.03 Å². The Morgan fingerprint density at radius 3 is 2.83 bits per heavy atom. The van der Waals surface area contributed by atoms with Gasteiger partial charge in [0.2, 0.25) is 15.9 Å². The van der Waals surface area contributed by atoms with Crippen molar-refractivity contribution < 1.29 is 27.8 Å². The monoisotopic (exact) mass is 577 g/mol. The normalized spacial score (nSPS) is 18.8. The number of hydrazine groups is 1. The van der Waals surface area contributed by atoms with Crippen molar-refractivity contribution in [3.8, 4) is 0 Å². The fraction of sp³-hybridized carbons (Fsp3) is 0.520. The lowest BCUT2D eigenvalue weighted by Gasteiger charge is -2.38. The predicted octanol–water partition coefficient (Wildman–Crippen LogP) is 1.26. The number of hydrogen-bond acceptors (Lipinski definition) is 9. The maximum Gasteiger partial charge on any atom is 0.328 e. The van der Waals surface area contributed by atoms with Crippen LogP contribution in [0.3, 0.4) is 0 Å². The molecule has 218 valence electrons. The fourth-order valence-electron chi connectivity index (χ4n) is 4.63. The Morgan fingerprint density at radius 1 is 1.38 bits per heavy atom. The number of carbonyl (C=O) groups excluding carboxylic acids is 2. The van der Waals surface area contributed by atoms with Crippen molar-refractivity contribution >= 4 is 38.8 Å². The van der Waals surface area contributed by atoms with Gasteiger partial charge in [0, 0.05) is 24.7 Å². The summed E-state index contributed by atoms with van der Waals surface area (Å²) in [5, 5.41) is 10.3. The number of hydrogen-bond donors (Lipinski definition) is 3. The van der Waals surface area contributed by atoms with Crippen LogP contribution in [0.2, 0.25) is 0 Å². The Bertz CT molecular complexity index is 1380. The van der Waals surface area contributed by atoms with Crippen LogP contribution < -0.4 is 15.9 Å². The summed E-state index contributed by atoms with van der Waals surface area (Å²) in [4.78, 5) is 46.5. The molecule has 1 aromatic heterocycles. The standard InChI is InChI=1S/C25H35N7O7S/c1-4-39-24(34)20-14-16(2)10-12-31(20)23(33)19(8-6-11-27-25(26)29-32(35)36)30-40(37,38)21-9-5-7-18-13-17(3)15-28-22(18)21/h5,7,9,13,15-16,19-20,30H,4,6,8,10-12,14H2,1-3H3,(H3,26,27,29)/t16-,19+,20?/m1/s1. The third kappa shape index (κ3) is 7.85. The molecule has 40 heavy (non-hydrogen) atoms. The number of benzene rings is 1. The number of aromatic nitrogens is 1. The number of ether oxygens (including phenoxy) is 1. The molecule has 1 aromatic carbocycles. The molecule has 0 bridgehead atoms. The van der Waals surface area contributed by atoms with Crippen LogP contribution in [0.4, 0.5) is 0 Å². The number of piperidine rings is 1. The zero-order valence-corrected chi connectivity index (χ0v) is 23.5. The van der Waals surface area contributed by atoms with Crippen LogP contribution >= 0.6 is 0 Å². The molecule has 15 heteroatoms. The van der Waals surface area contributed by atoms with Gasteiger partial charge in [-0.2, -0.15) is 4.72 Å². The fourth-order valence-corrected chi connectivity index (χ4v) is 6.04. The molecule has 3 rings (SSSR count). The molecule has 1 aliphatic heterocycles. The third-order valence-corrected chi connectivity index (χ3v) is 8.04. The third-order valence-electron chi connectivity index (χ3n) is 6.54. The Balaban J connectivity index is 1.91. The van der Waals surface area contributed by atoms with Gasteiger partial charge in [-0.25, -0.2) is 28.3 Å². The van der Waals surface area contributed by atoms with Crippen LogP contribution in [0.5, 0.6) is 0 Å². The number of nitro groups is 1. The molecule has 1 unspecified atom stereocenters. The molecule has 1 aliphatic rings. The van der Waals surface area contributed by atoms with Gasteiger partial charge in [0.05, 0.1) is 12.1 Å². The van der Waals surface area contributed by atoms with E-state index in [1.165, 1.54) is 11.0 Å². The molecular weight excluding hydrogens is 542 g/mol. The van der Waals surface area contributed by atoms with E-state index in [9.17, 15) is 28.1 Å². The highest BCUT2D eigenvalue weighted by Crippen LogP contribution is 2.26. The van der Waals surface area contributed by atoms with Gasteiger partial charge in [-0.15, -0.1) is 0 Å². The van der Waals surface area contributed by atoms with Crippen molar-refractivity contribution in [1.82, 2.24) is 20.0 Å². The number of guanidine groups is 1. The number of aryl methyl sites for hydroxylation is 1. The van der Waals surface area contributed by atoms with Gasteiger partial charge < -0.3 is 15.4 Å². The summed E-state index contributed by atoms with van der Waals surface area (Å²) in [7, 11) is -4.25. The zero-order valence-electron chi connectivity index (χ0n) is 22.7. The van der Waals surface area contributed by atoms with Gasteiger partial charge in [-0.05, 0) is 63.1 Å². The van der Waals surface area contributed by atoms with E-state index in [1.54, 1.807) is 30.7 Å². The number of nitrogens with one attached hydrogen (secondary N) is 2. The number of rotatable bonds is 11. The lowest BCUT2D eigenvalue weighted by Crippen LogP contribution is -2.56. The average Bonchev–Trinajstić information content (AvgIpc) is 2.89. The first-order valence-corrected chi connectivity index (χ1v) is 14.5. The number of likely N-dealkylation sites (tertiary alicyclic amines) is 1. The first-order chi connectivity index (χ1) is 18.9. The lowest BCUT2D eigenvalue weighted by molar-refractivity contribution is -0.525. The molecule has 1 saturated heterocycles. The van der Waals surface area contributed by atoms with Crippen LogP contribution in [-0.2, 0) is 24.3 Å². The maximum absolute atomic E-state index is 13.8. The van der Waals surface area contributed by atoms with E-state index in [4.69, 9.17) is 10.5 Å². The minimum atomic E-state index is -4.25. The Labute approximate surface area is 232 Å². The van der Waals surface area contributed by atoms with Crippen molar-refractivity contribution in [3.63, 3.8) is 0 Å². The first kappa shape index (κ1) is 30.7. The molecule has 4 N–H and O–H groups in total. The molecule has 0 radical (unpaired) electrons. The zero-order chi connectivity index (χ0) is 29.4. The second kappa shape index (κ2) is 13.5. The topological polar surface area (TPSA) is 199 Å². The summed E-state index contributed by atoms with van der Waals surface area (Å²) in [6.07, 6.45) is 2.75. The number of fused-ring (bicyclic) bond motifs is 1. The number of nitrogens with two attached hydrogens (primary N) is 1. The van der Waals surface area contributed by atoms with Crippen LogP contribution in [0.25, 0.3) is 10.9 Å². The van der Waals surface area contributed by atoms with Crippen LogP contribution in [-0.4, -0.2) is 73.0 Å². The maximum atomic E-state index is 13.8. The SMILES string of the molecule is CCOC(=O)C1C[C@H](C)CCN1C(=O)[C@H](CCCN=C(N)N[N+](=O)[O-])NS(=O)(=O)c1cccc2cc(C)cnc12. The summed E-state index contributed by atoms with van der Waals surface area (Å²) < 4.78 is 35.0. The first-order valence-electron chi connectivity index (χ1n) is 13.0. The number of esters is 1. The van der Waals surface area contributed by atoms with Crippen molar-refractivity contribution in [2.45, 2.75) is 63.4 Å². The van der Waals surface area contributed by atoms with Gasteiger partial charge in [-0.1, -0.05) is 24.5 Å². The van der Waals surface area contributed by atoms with E-state index >= 15 is 0 Å². The van der Waals surface area contributed by atoms with Crippen LogP contribution in [0.1, 0.15) is 45.1 Å². The number of carbonyl (C=O) groups is 2. The number of pyridine rings is 1. The number of para-hydroxylation sites is 1. The summed E-state index contributed by atoms with van der Waals surface area (Å²) >= 11 is 0. The molecular formula is C25H35N7O7S. The molecule has 14 nitrogen and oxygen atoms in total. The molecule has 0 saturated carbocycles. The number of amides is 1. The van der Waals surface area contributed by atoms with Crippen LogP contribution in [0, 0.1) is 23.0 Å². The molecule has 1 amide bonds. The highest BCUT2D eigenvalue weighted by atomic mass is 32.2. The Hall–Kier alpha value is -3.85. The predicted molar refractivity (Wildman–Crippen MR) is 147 cm³/mol. The van der Waals surface area contributed by atoms with Gasteiger partial charge in [-0.3, -0.25) is 9.78 Å². The number of nitrogens with zero attached hydrogens (tertiary/aromatic N) is 4.